The molecule has 0 aliphatic carbocycles. The number of aliphatic hydroxyl groups excluding tert-OH is 1. The van der Waals surface area contributed by atoms with Crippen LogP contribution in [0.4, 0.5) is 0 Å². The maximum Gasteiger partial charge on any atom is 0.339 e. The normalized spacial score (nSPS) is 11.8. The molecule has 3 aromatic rings. The van der Waals surface area contributed by atoms with Crippen molar-refractivity contribution in [2.24, 2.45) is 0 Å². The zero-order valence-electron chi connectivity index (χ0n) is 15.7. The Morgan fingerprint density at radius 2 is 1.36 bits per heavy atom. The van der Waals surface area contributed by atoms with E-state index in [9.17, 15) is 13.5 Å². The highest BCUT2D eigenvalue weighted by atomic mass is 32.2. The van der Waals surface area contributed by atoms with Gasteiger partial charge in [-0.05, 0) is 36.4 Å². The lowest BCUT2D eigenvalue weighted by molar-refractivity contribution is 0.175. The van der Waals surface area contributed by atoms with Crippen LogP contribution in [0.15, 0.2) is 95.9 Å². The highest BCUT2D eigenvalue weighted by Gasteiger charge is 2.16. The number of rotatable bonds is 7. The Morgan fingerprint density at radius 1 is 0.857 bits per heavy atom. The summed E-state index contributed by atoms with van der Waals surface area (Å²) in [5.41, 5.74) is 0.699. The van der Waals surface area contributed by atoms with Gasteiger partial charge in [-0.15, -0.1) is 0 Å². The molecule has 5 nitrogen and oxygen atoms in total. The molecule has 0 aliphatic heterocycles. The molecule has 6 heteroatoms. The van der Waals surface area contributed by atoms with Gasteiger partial charge in [-0.25, -0.2) is 0 Å². The number of hydrogen-bond acceptors (Lipinski definition) is 5. The average molecular weight is 400 g/mol. The van der Waals surface area contributed by atoms with Crippen molar-refractivity contribution in [2.75, 3.05) is 13.1 Å². The van der Waals surface area contributed by atoms with Crippen LogP contribution < -0.4 is 9.50 Å². The summed E-state index contributed by atoms with van der Waals surface area (Å²) in [4.78, 5) is 0.103. The Hall–Kier alpha value is -2.67. The van der Waals surface area contributed by atoms with Gasteiger partial charge in [0.25, 0.3) is 0 Å². The summed E-state index contributed by atoms with van der Waals surface area (Å²) in [6.07, 6.45) is -0.639. The molecule has 0 saturated heterocycles. The minimum absolute atomic E-state index is 0.103. The van der Waals surface area contributed by atoms with Crippen LogP contribution >= 0.6 is 0 Å². The molecule has 2 N–H and O–H groups in total. The molecule has 3 aromatic carbocycles. The minimum atomic E-state index is -3.84. The Morgan fingerprint density at radius 3 is 1.86 bits per heavy atom. The van der Waals surface area contributed by atoms with Gasteiger partial charge >= 0.3 is 10.1 Å². The van der Waals surface area contributed by atoms with Crippen LogP contribution in [0, 0.1) is 0 Å². The van der Waals surface area contributed by atoms with E-state index in [2.05, 4.69) is 5.32 Å². The van der Waals surface area contributed by atoms with Crippen LogP contribution in [0.3, 0.4) is 0 Å². The average Bonchev–Trinajstić information content (AvgIpc) is 2.74. The highest BCUT2D eigenvalue weighted by molar-refractivity contribution is 7.87. The van der Waals surface area contributed by atoms with Crippen LogP contribution in [0.25, 0.3) is 0 Å². The van der Waals surface area contributed by atoms with Gasteiger partial charge in [0.1, 0.15) is 10.6 Å². The zero-order chi connectivity index (χ0) is 20.2. The second-order valence-electron chi connectivity index (χ2n) is 5.90. The van der Waals surface area contributed by atoms with Gasteiger partial charge in [-0.1, -0.05) is 73.7 Å². The van der Waals surface area contributed by atoms with E-state index in [-0.39, 0.29) is 10.6 Å². The van der Waals surface area contributed by atoms with Crippen molar-refractivity contribution in [2.45, 2.75) is 17.9 Å². The fraction of sp³-hybridized carbons (Fsp3) is 0.182. The molecule has 0 bridgehead atoms. The zero-order valence-corrected chi connectivity index (χ0v) is 16.5. The van der Waals surface area contributed by atoms with Gasteiger partial charge in [0.15, 0.2) is 0 Å². The van der Waals surface area contributed by atoms with Crippen LogP contribution in [-0.4, -0.2) is 26.6 Å². The summed E-state index contributed by atoms with van der Waals surface area (Å²) >= 11 is 0. The first kappa shape index (κ1) is 21.6. The molecule has 0 aromatic heterocycles. The Bertz CT molecular complexity index is 872. The van der Waals surface area contributed by atoms with E-state index in [0.717, 1.165) is 6.54 Å². The molecule has 0 radical (unpaired) electrons. The largest absolute Gasteiger partial charge is 0.387 e. The van der Waals surface area contributed by atoms with Crippen LogP contribution in [0.1, 0.15) is 18.6 Å². The molecule has 148 valence electrons. The molecule has 0 aliphatic rings. The van der Waals surface area contributed by atoms with E-state index in [0.29, 0.717) is 12.1 Å². The van der Waals surface area contributed by atoms with E-state index >= 15 is 0 Å². The van der Waals surface area contributed by atoms with Crippen molar-refractivity contribution in [1.82, 2.24) is 5.32 Å². The van der Waals surface area contributed by atoms with E-state index in [4.69, 9.17) is 4.18 Å². The second-order valence-corrected chi connectivity index (χ2v) is 7.44. The van der Waals surface area contributed by atoms with Crippen molar-refractivity contribution in [3.8, 4) is 5.75 Å². The molecule has 1 atom stereocenters. The lowest BCUT2D eigenvalue weighted by atomic mass is 10.1. The van der Waals surface area contributed by atoms with Crippen LogP contribution in [-0.2, 0) is 10.1 Å². The minimum Gasteiger partial charge on any atom is -0.387 e. The third-order valence-electron chi connectivity index (χ3n) is 3.76. The number of likely N-dealkylation sites (N-methyl/N-ethyl adjacent to an activating group) is 1. The van der Waals surface area contributed by atoms with Crippen molar-refractivity contribution >= 4 is 10.1 Å². The summed E-state index contributed by atoms with van der Waals surface area (Å²) in [5.74, 6) is 0.211. The molecule has 0 heterocycles. The summed E-state index contributed by atoms with van der Waals surface area (Å²) in [6, 6.07) is 26.3. The maximum absolute atomic E-state index is 12.1. The van der Waals surface area contributed by atoms with E-state index in [1.165, 1.54) is 24.3 Å². The topological polar surface area (TPSA) is 75.6 Å². The van der Waals surface area contributed by atoms with Gasteiger partial charge in [-0.3, -0.25) is 0 Å². The molecule has 0 saturated carbocycles. The van der Waals surface area contributed by atoms with Gasteiger partial charge in [0.05, 0.1) is 6.10 Å². The predicted octanol–water partition coefficient (Wildman–Crippen LogP) is 3.78. The lowest BCUT2D eigenvalue weighted by Crippen LogP contribution is -2.20. The van der Waals surface area contributed by atoms with Gasteiger partial charge in [0, 0.05) is 6.54 Å². The number of nitrogens with one attached hydrogen (secondary N) is 1. The first-order valence-corrected chi connectivity index (χ1v) is 10.4. The molecule has 0 unspecified atom stereocenters. The van der Waals surface area contributed by atoms with E-state index in [1.54, 1.807) is 30.3 Å². The Labute approximate surface area is 166 Å². The molecule has 0 fully saturated rings. The third kappa shape index (κ3) is 7.15. The fourth-order valence-electron chi connectivity index (χ4n) is 2.29. The Kier molecular flexibility index (Phi) is 8.68. The number of hydrogen-bond donors (Lipinski definition) is 2. The van der Waals surface area contributed by atoms with Crippen LogP contribution in [0.5, 0.6) is 5.75 Å². The number of benzene rings is 3. The standard InChI is InChI=1S/C16H19NO4S.C6H6/c1-2-17-12-16(18)13-8-10-14(11-9-13)21-22(19,20)15-6-4-3-5-7-15;1-2-4-6-5-3-1/h3-11,16-18H,2,12H2,1H3;1-6H/t16-;/m0./s1. The molecule has 0 amide bonds. The van der Waals surface area contributed by atoms with Gasteiger partial charge < -0.3 is 14.6 Å². The molecule has 0 spiro atoms. The van der Waals surface area contributed by atoms with Crippen molar-refractivity contribution in [3.63, 3.8) is 0 Å². The van der Waals surface area contributed by atoms with Crippen molar-refractivity contribution in [3.05, 3.63) is 96.6 Å². The molecule has 3 rings (SSSR count). The third-order valence-corrected chi connectivity index (χ3v) is 5.02. The quantitative estimate of drug-likeness (QED) is 0.591. The van der Waals surface area contributed by atoms with Gasteiger partial charge in [-0.2, -0.15) is 8.42 Å². The van der Waals surface area contributed by atoms with Gasteiger partial charge in [0.2, 0.25) is 0 Å². The SMILES string of the molecule is CCNC[C@H](O)c1ccc(OS(=O)(=O)c2ccccc2)cc1.c1ccccc1. The monoisotopic (exact) mass is 399 g/mol. The smallest absolute Gasteiger partial charge is 0.339 e. The molecular weight excluding hydrogens is 374 g/mol. The molecular formula is C22H25NO4S. The van der Waals surface area contributed by atoms with E-state index < -0.39 is 16.2 Å². The fourth-order valence-corrected chi connectivity index (χ4v) is 3.24. The van der Waals surface area contributed by atoms with Crippen molar-refractivity contribution in [1.29, 1.82) is 0 Å². The highest BCUT2D eigenvalue weighted by Crippen LogP contribution is 2.21. The Balaban J connectivity index is 0.000000397. The van der Waals surface area contributed by atoms with E-state index in [1.807, 2.05) is 43.3 Å². The summed E-state index contributed by atoms with van der Waals surface area (Å²) in [7, 11) is -3.84. The first-order chi connectivity index (χ1) is 13.5. The summed E-state index contributed by atoms with van der Waals surface area (Å²) in [5, 5.41) is 13.0. The van der Waals surface area contributed by atoms with Crippen LogP contribution in [0.2, 0.25) is 0 Å². The molecule has 28 heavy (non-hydrogen) atoms. The summed E-state index contributed by atoms with van der Waals surface area (Å²) < 4.78 is 29.2. The summed E-state index contributed by atoms with van der Waals surface area (Å²) in [6.45, 7) is 3.17. The maximum atomic E-state index is 12.1. The van der Waals surface area contributed by atoms with Crippen molar-refractivity contribution < 1.29 is 17.7 Å². The lowest BCUT2D eigenvalue weighted by Gasteiger charge is -2.12. The predicted molar refractivity (Wildman–Crippen MR) is 111 cm³/mol. The first-order valence-electron chi connectivity index (χ1n) is 9.01. The number of aliphatic hydroxyl groups is 1. The second kappa shape index (κ2) is 11.2.